The van der Waals surface area contributed by atoms with Crippen molar-refractivity contribution in [1.29, 1.82) is 0 Å². The fraction of sp³-hybridized carbons (Fsp3) is 0.429. The second-order valence-electron chi connectivity index (χ2n) is 4.62. The molecule has 1 saturated heterocycles. The molecule has 1 amide bonds. The number of methoxy groups -OCH3 is 1. The van der Waals surface area contributed by atoms with Gasteiger partial charge in [-0.15, -0.1) is 0 Å². The highest BCUT2D eigenvalue weighted by atomic mass is 35.5. The lowest BCUT2D eigenvalue weighted by Gasteiger charge is -2.18. The number of anilines is 1. The Bertz CT molecular complexity index is 513. The van der Waals surface area contributed by atoms with Gasteiger partial charge in [0, 0.05) is 23.8 Å². The summed E-state index contributed by atoms with van der Waals surface area (Å²) in [7, 11) is 1.32. The number of carbonyl (C=O) groups excluding carboxylic acids is 2. The molecule has 0 bridgehead atoms. The Kier molecular flexibility index (Phi) is 4.84. The van der Waals surface area contributed by atoms with Crippen LogP contribution in [0.3, 0.4) is 0 Å². The third kappa shape index (κ3) is 3.42. The number of ether oxygens (including phenoxy) is 1. The number of nitrogens with zero attached hydrogens (tertiary/aromatic N) is 1. The summed E-state index contributed by atoms with van der Waals surface area (Å²) < 4.78 is 4.57. The van der Waals surface area contributed by atoms with Crippen LogP contribution in [-0.2, 0) is 9.53 Å². The first-order valence-electron chi connectivity index (χ1n) is 6.51. The van der Waals surface area contributed by atoms with Crippen LogP contribution in [0.25, 0.3) is 0 Å². The smallest absolute Gasteiger partial charge is 0.325 e. The molecule has 6 heteroatoms. The molecule has 0 atom stereocenters. The molecule has 0 radical (unpaired) electrons. The van der Waals surface area contributed by atoms with Crippen LogP contribution in [0, 0.1) is 0 Å². The molecule has 1 aromatic carbocycles. The summed E-state index contributed by atoms with van der Waals surface area (Å²) in [4.78, 5) is 25.4. The number of hydrogen-bond donors (Lipinski definition) is 1. The minimum Gasteiger partial charge on any atom is -0.468 e. The Balaban J connectivity index is 2.18. The fourth-order valence-electron chi connectivity index (χ4n) is 2.18. The summed E-state index contributed by atoms with van der Waals surface area (Å²) in [6.07, 6.45) is 2.05. The van der Waals surface area contributed by atoms with Crippen molar-refractivity contribution in [3.63, 3.8) is 0 Å². The van der Waals surface area contributed by atoms with Crippen LogP contribution in [0.5, 0.6) is 0 Å². The van der Waals surface area contributed by atoms with Gasteiger partial charge in [-0.05, 0) is 31.0 Å². The van der Waals surface area contributed by atoms with E-state index in [0.717, 1.165) is 25.9 Å². The van der Waals surface area contributed by atoms with Crippen LogP contribution in [0.1, 0.15) is 23.2 Å². The molecule has 20 heavy (non-hydrogen) atoms. The van der Waals surface area contributed by atoms with E-state index in [1.165, 1.54) is 7.11 Å². The first kappa shape index (κ1) is 14.7. The van der Waals surface area contributed by atoms with Crippen LogP contribution < -0.4 is 5.32 Å². The number of carbonyl (C=O) groups is 2. The average molecular weight is 297 g/mol. The summed E-state index contributed by atoms with van der Waals surface area (Å²) in [5, 5.41) is 3.41. The SMILES string of the molecule is COC(=O)CNc1ccc(Cl)cc1C(=O)N1CCCC1. The molecule has 0 unspecified atom stereocenters. The van der Waals surface area contributed by atoms with Gasteiger partial charge in [0.2, 0.25) is 0 Å². The molecule has 2 rings (SSSR count). The van der Waals surface area contributed by atoms with E-state index in [9.17, 15) is 9.59 Å². The van der Waals surface area contributed by atoms with Gasteiger partial charge in [0.15, 0.2) is 0 Å². The van der Waals surface area contributed by atoms with Gasteiger partial charge in [-0.1, -0.05) is 11.6 Å². The largest absolute Gasteiger partial charge is 0.468 e. The number of likely N-dealkylation sites (tertiary alicyclic amines) is 1. The van der Waals surface area contributed by atoms with E-state index in [-0.39, 0.29) is 18.4 Å². The minimum absolute atomic E-state index is 0.0123. The van der Waals surface area contributed by atoms with Crippen molar-refractivity contribution in [1.82, 2.24) is 4.90 Å². The molecule has 1 aromatic rings. The fourth-order valence-corrected chi connectivity index (χ4v) is 2.35. The highest BCUT2D eigenvalue weighted by molar-refractivity contribution is 6.31. The van der Waals surface area contributed by atoms with Gasteiger partial charge in [-0.2, -0.15) is 0 Å². The summed E-state index contributed by atoms with van der Waals surface area (Å²) in [6, 6.07) is 5.01. The number of amides is 1. The zero-order chi connectivity index (χ0) is 14.5. The first-order valence-corrected chi connectivity index (χ1v) is 6.89. The van der Waals surface area contributed by atoms with E-state index in [2.05, 4.69) is 10.1 Å². The van der Waals surface area contributed by atoms with E-state index >= 15 is 0 Å². The minimum atomic E-state index is -0.389. The predicted molar refractivity (Wildman–Crippen MR) is 77.1 cm³/mol. The Morgan fingerprint density at radius 3 is 2.70 bits per heavy atom. The van der Waals surface area contributed by atoms with Gasteiger partial charge >= 0.3 is 5.97 Å². The standard InChI is InChI=1S/C14H17ClN2O3/c1-20-13(18)9-16-12-5-4-10(15)8-11(12)14(19)17-6-2-3-7-17/h4-5,8,16H,2-3,6-7,9H2,1H3. The molecule has 0 saturated carbocycles. The molecule has 1 fully saturated rings. The number of nitrogens with one attached hydrogen (secondary N) is 1. The van der Waals surface area contributed by atoms with Crippen LogP contribution in [-0.4, -0.2) is 43.5 Å². The Morgan fingerprint density at radius 2 is 2.05 bits per heavy atom. The highest BCUT2D eigenvalue weighted by Gasteiger charge is 2.22. The lowest BCUT2D eigenvalue weighted by molar-refractivity contribution is -0.138. The topological polar surface area (TPSA) is 58.6 Å². The monoisotopic (exact) mass is 296 g/mol. The molecule has 0 aromatic heterocycles. The average Bonchev–Trinajstić information content (AvgIpc) is 2.98. The molecular weight excluding hydrogens is 280 g/mol. The first-order chi connectivity index (χ1) is 9.61. The van der Waals surface area contributed by atoms with Crippen LogP contribution in [0.15, 0.2) is 18.2 Å². The van der Waals surface area contributed by atoms with E-state index in [1.54, 1.807) is 23.1 Å². The number of benzene rings is 1. The van der Waals surface area contributed by atoms with Gasteiger partial charge in [0.25, 0.3) is 5.91 Å². The molecule has 5 nitrogen and oxygen atoms in total. The van der Waals surface area contributed by atoms with Gasteiger partial charge in [-0.25, -0.2) is 0 Å². The molecule has 1 heterocycles. The Hall–Kier alpha value is -1.75. The van der Waals surface area contributed by atoms with Crippen molar-refractivity contribution in [2.75, 3.05) is 32.1 Å². The Morgan fingerprint density at radius 1 is 1.35 bits per heavy atom. The van der Waals surface area contributed by atoms with E-state index in [4.69, 9.17) is 11.6 Å². The van der Waals surface area contributed by atoms with Gasteiger partial charge in [0.1, 0.15) is 6.54 Å². The number of rotatable bonds is 4. The molecule has 1 aliphatic rings. The van der Waals surface area contributed by atoms with E-state index in [0.29, 0.717) is 16.3 Å². The zero-order valence-electron chi connectivity index (χ0n) is 11.3. The molecule has 1 N–H and O–H groups in total. The highest BCUT2D eigenvalue weighted by Crippen LogP contribution is 2.23. The van der Waals surface area contributed by atoms with Crippen LogP contribution >= 0.6 is 11.6 Å². The van der Waals surface area contributed by atoms with E-state index in [1.807, 2.05) is 0 Å². The lowest BCUT2D eigenvalue weighted by Crippen LogP contribution is -2.28. The third-order valence-electron chi connectivity index (χ3n) is 3.26. The molecule has 1 aliphatic heterocycles. The Labute approximate surface area is 122 Å². The molecular formula is C14H17ClN2O3. The second-order valence-corrected chi connectivity index (χ2v) is 5.06. The van der Waals surface area contributed by atoms with Gasteiger partial charge in [-0.3, -0.25) is 9.59 Å². The molecule has 0 aliphatic carbocycles. The maximum Gasteiger partial charge on any atom is 0.325 e. The molecule has 108 valence electrons. The van der Waals surface area contributed by atoms with Crippen molar-refractivity contribution in [2.24, 2.45) is 0 Å². The third-order valence-corrected chi connectivity index (χ3v) is 3.49. The zero-order valence-corrected chi connectivity index (χ0v) is 12.1. The summed E-state index contributed by atoms with van der Waals surface area (Å²) in [6.45, 7) is 1.54. The normalized spacial score (nSPS) is 14.2. The maximum absolute atomic E-state index is 12.4. The van der Waals surface area contributed by atoms with E-state index < -0.39 is 0 Å². The van der Waals surface area contributed by atoms with Crippen LogP contribution in [0.2, 0.25) is 5.02 Å². The number of halogens is 1. The maximum atomic E-state index is 12.4. The van der Waals surface area contributed by atoms with Gasteiger partial charge < -0.3 is 15.0 Å². The van der Waals surface area contributed by atoms with Crippen LogP contribution in [0.4, 0.5) is 5.69 Å². The van der Waals surface area contributed by atoms with Crippen molar-refractivity contribution in [3.8, 4) is 0 Å². The molecule has 0 spiro atoms. The summed E-state index contributed by atoms with van der Waals surface area (Å²) >= 11 is 5.97. The number of hydrogen-bond acceptors (Lipinski definition) is 4. The van der Waals surface area contributed by atoms with Crippen molar-refractivity contribution in [2.45, 2.75) is 12.8 Å². The van der Waals surface area contributed by atoms with Crippen molar-refractivity contribution >= 4 is 29.2 Å². The summed E-state index contributed by atoms with van der Waals surface area (Å²) in [5.41, 5.74) is 1.08. The predicted octanol–water partition coefficient (Wildman–Crippen LogP) is 2.16. The van der Waals surface area contributed by atoms with Crippen molar-refractivity contribution < 1.29 is 14.3 Å². The van der Waals surface area contributed by atoms with Gasteiger partial charge in [0.05, 0.1) is 12.7 Å². The van der Waals surface area contributed by atoms with Crippen molar-refractivity contribution in [3.05, 3.63) is 28.8 Å². The second kappa shape index (κ2) is 6.61. The number of esters is 1. The summed E-state index contributed by atoms with van der Waals surface area (Å²) in [5.74, 6) is -0.447. The lowest BCUT2D eigenvalue weighted by atomic mass is 10.1. The quantitative estimate of drug-likeness (QED) is 0.865.